The number of hydrogen-bond donors (Lipinski definition) is 1. The van der Waals surface area contributed by atoms with Gasteiger partial charge in [0.1, 0.15) is 0 Å². The van der Waals surface area contributed by atoms with E-state index in [1.807, 2.05) is 42.5 Å². The van der Waals surface area contributed by atoms with Crippen LogP contribution in [0.5, 0.6) is 0 Å². The summed E-state index contributed by atoms with van der Waals surface area (Å²) in [7, 11) is 0. The number of likely N-dealkylation sites (tertiary alicyclic amines) is 1. The lowest BCUT2D eigenvalue weighted by Gasteiger charge is -2.35. The third kappa shape index (κ3) is 3.62. The first kappa shape index (κ1) is 17.8. The average molecular weight is 376 g/mol. The highest BCUT2D eigenvalue weighted by atomic mass is 16.2. The second kappa shape index (κ2) is 7.99. The van der Waals surface area contributed by atoms with E-state index >= 15 is 0 Å². The van der Waals surface area contributed by atoms with Crippen LogP contribution in [0.2, 0.25) is 0 Å². The molecular weight excluding hydrogens is 356 g/mol. The van der Waals surface area contributed by atoms with Gasteiger partial charge in [0.25, 0.3) is 5.91 Å². The predicted molar refractivity (Wildman–Crippen MR) is 104 cm³/mol. The first-order valence-electron chi connectivity index (χ1n) is 9.22. The van der Waals surface area contributed by atoms with E-state index in [2.05, 4.69) is 20.4 Å². The molecule has 1 aliphatic heterocycles. The Labute approximate surface area is 161 Å². The van der Waals surface area contributed by atoms with Crippen LogP contribution in [0.15, 0.2) is 64.8 Å². The largest absolute Gasteiger partial charge is 0.330 e. The molecule has 1 aliphatic rings. The summed E-state index contributed by atoms with van der Waals surface area (Å²) in [6.07, 6.45) is 7.76. The number of pyridine rings is 1. The third-order valence-electron chi connectivity index (χ3n) is 4.81. The number of hydrogen-bond acceptors (Lipinski definition) is 5. The number of benzene rings is 1. The molecule has 0 saturated carbocycles. The summed E-state index contributed by atoms with van der Waals surface area (Å²) < 4.78 is 0. The molecule has 0 bridgehead atoms. The summed E-state index contributed by atoms with van der Waals surface area (Å²) in [5.41, 5.74) is 1.09. The van der Waals surface area contributed by atoms with Gasteiger partial charge in [0, 0.05) is 18.9 Å². The number of nitrogens with one attached hydrogen (secondary N) is 1. The molecule has 2 aromatic heterocycles. The molecule has 1 unspecified atom stereocenters. The number of carbonyl (C=O) groups is 1. The molecule has 8 nitrogen and oxygen atoms in total. The lowest BCUT2D eigenvalue weighted by Crippen LogP contribution is -2.40. The summed E-state index contributed by atoms with van der Waals surface area (Å²) in [5, 5.41) is 10.5. The molecule has 0 spiro atoms. The van der Waals surface area contributed by atoms with Crippen molar-refractivity contribution in [3.05, 3.63) is 82.0 Å². The molecule has 1 atom stereocenters. The SMILES string of the molecule is O=C(c1n[nH]n(N=Cc2ccccc2)c1=O)N1CCCCC1c1cccnc1. The Hall–Kier alpha value is -3.55. The fraction of sp³-hybridized carbons (Fsp3) is 0.250. The number of piperidine rings is 1. The van der Waals surface area contributed by atoms with Crippen molar-refractivity contribution in [2.75, 3.05) is 6.54 Å². The van der Waals surface area contributed by atoms with Crippen LogP contribution in [0.25, 0.3) is 0 Å². The predicted octanol–water partition coefficient (Wildman–Crippen LogP) is 2.22. The number of rotatable bonds is 4. The van der Waals surface area contributed by atoms with E-state index in [9.17, 15) is 9.59 Å². The zero-order valence-electron chi connectivity index (χ0n) is 15.2. The van der Waals surface area contributed by atoms with Crippen LogP contribution < -0.4 is 5.56 Å². The topological polar surface area (TPSA) is 96.2 Å². The van der Waals surface area contributed by atoms with Crippen LogP contribution in [0.1, 0.15) is 46.9 Å². The Morgan fingerprint density at radius 1 is 1.18 bits per heavy atom. The van der Waals surface area contributed by atoms with Gasteiger partial charge in [0.15, 0.2) is 0 Å². The van der Waals surface area contributed by atoms with Crippen molar-refractivity contribution in [3.8, 4) is 0 Å². The number of aromatic amines is 1. The van der Waals surface area contributed by atoms with Gasteiger partial charge in [-0.3, -0.25) is 14.6 Å². The number of nitrogens with zero attached hydrogens (tertiary/aromatic N) is 5. The molecule has 1 N–H and O–H groups in total. The van der Waals surface area contributed by atoms with Crippen LogP contribution in [0.3, 0.4) is 0 Å². The Kier molecular flexibility index (Phi) is 5.09. The maximum Gasteiger partial charge on any atom is 0.320 e. The van der Waals surface area contributed by atoms with E-state index in [4.69, 9.17) is 0 Å². The van der Waals surface area contributed by atoms with Gasteiger partial charge in [-0.2, -0.15) is 10.3 Å². The van der Waals surface area contributed by atoms with Gasteiger partial charge in [-0.1, -0.05) is 36.4 Å². The lowest BCUT2D eigenvalue weighted by atomic mass is 9.96. The molecule has 3 aromatic rings. The van der Waals surface area contributed by atoms with E-state index in [1.165, 1.54) is 6.21 Å². The van der Waals surface area contributed by atoms with Gasteiger partial charge in [-0.15, -0.1) is 9.89 Å². The van der Waals surface area contributed by atoms with Crippen molar-refractivity contribution >= 4 is 12.1 Å². The van der Waals surface area contributed by atoms with Crippen molar-refractivity contribution < 1.29 is 4.79 Å². The molecule has 1 aromatic carbocycles. The Morgan fingerprint density at radius 2 is 2.04 bits per heavy atom. The molecule has 1 fully saturated rings. The molecule has 0 aliphatic carbocycles. The molecule has 0 radical (unpaired) electrons. The van der Waals surface area contributed by atoms with Gasteiger partial charge in [0.2, 0.25) is 5.69 Å². The van der Waals surface area contributed by atoms with E-state index in [0.29, 0.717) is 6.54 Å². The summed E-state index contributed by atoms with van der Waals surface area (Å²) in [6.45, 7) is 0.581. The third-order valence-corrected chi connectivity index (χ3v) is 4.81. The van der Waals surface area contributed by atoms with Gasteiger partial charge >= 0.3 is 5.56 Å². The average Bonchev–Trinajstić information content (AvgIpc) is 3.13. The Morgan fingerprint density at radius 3 is 2.82 bits per heavy atom. The highest BCUT2D eigenvalue weighted by Gasteiger charge is 2.31. The van der Waals surface area contributed by atoms with Crippen molar-refractivity contribution in [2.45, 2.75) is 25.3 Å². The quantitative estimate of drug-likeness (QED) is 0.706. The fourth-order valence-electron chi connectivity index (χ4n) is 3.40. The van der Waals surface area contributed by atoms with Gasteiger partial charge in [-0.05, 0) is 36.5 Å². The van der Waals surface area contributed by atoms with Crippen molar-refractivity contribution in [2.24, 2.45) is 5.10 Å². The first-order valence-corrected chi connectivity index (χ1v) is 9.22. The number of H-pyrrole nitrogens is 1. The van der Waals surface area contributed by atoms with Gasteiger partial charge in [0.05, 0.1) is 12.3 Å². The molecule has 8 heteroatoms. The van der Waals surface area contributed by atoms with Crippen molar-refractivity contribution in [3.63, 3.8) is 0 Å². The molecule has 1 saturated heterocycles. The number of amides is 1. The molecule has 142 valence electrons. The number of aromatic nitrogens is 4. The second-order valence-electron chi connectivity index (χ2n) is 6.63. The van der Waals surface area contributed by atoms with E-state index in [1.54, 1.807) is 17.3 Å². The monoisotopic (exact) mass is 376 g/mol. The van der Waals surface area contributed by atoms with Crippen molar-refractivity contribution in [1.82, 2.24) is 25.0 Å². The van der Waals surface area contributed by atoms with E-state index in [-0.39, 0.29) is 17.6 Å². The fourth-order valence-corrected chi connectivity index (χ4v) is 3.40. The zero-order valence-corrected chi connectivity index (χ0v) is 15.2. The standard InChI is InChI=1S/C20H20N6O2/c27-19(25-12-5-4-10-17(25)16-9-6-11-21-14-16)18-20(28)26(24-23-18)22-13-15-7-2-1-3-8-15/h1-3,6-9,11,13-14,17,24H,4-5,10,12H2. The number of carbonyl (C=O) groups excluding carboxylic acids is 1. The maximum atomic E-state index is 13.0. The summed E-state index contributed by atoms with van der Waals surface area (Å²) >= 11 is 0. The van der Waals surface area contributed by atoms with E-state index < -0.39 is 5.56 Å². The highest BCUT2D eigenvalue weighted by molar-refractivity contribution is 5.92. The zero-order chi connectivity index (χ0) is 19.3. The van der Waals surface area contributed by atoms with Crippen LogP contribution >= 0.6 is 0 Å². The smallest absolute Gasteiger partial charge is 0.320 e. The Bertz CT molecular complexity index is 1030. The van der Waals surface area contributed by atoms with Crippen LogP contribution in [0.4, 0.5) is 0 Å². The summed E-state index contributed by atoms with van der Waals surface area (Å²) in [4.78, 5) is 32.5. The Balaban J connectivity index is 1.58. The molecule has 28 heavy (non-hydrogen) atoms. The van der Waals surface area contributed by atoms with Crippen LogP contribution in [-0.2, 0) is 0 Å². The lowest BCUT2D eigenvalue weighted by molar-refractivity contribution is 0.0603. The minimum atomic E-state index is -0.562. The van der Waals surface area contributed by atoms with Gasteiger partial charge < -0.3 is 4.90 Å². The van der Waals surface area contributed by atoms with Crippen LogP contribution in [-0.4, -0.2) is 43.7 Å². The minimum absolute atomic E-state index is 0.104. The summed E-state index contributed by atoms with van der Waals surface area (Å²) in [5.74, 6) is -0.386. The van der Waals surface area contributed by atoms with Crippen LogP contribution in [0, 0.1) is 0 Å². The first-order chi connectivity index (χ1) is 13.7. The molecule has 1 amide bonds. The molecular formula is C20H20N6O2. The van der Waals surface area contributed by atoms with Gasteiger partial charge in [-0.25, -0.2) is 0 Å². The maximum absolute atomic E-state index is 13.0. The van der Waals surface area contributed by atoms with Crippen molar-refractivity contribution in [1.29, 1.82) is 0 Å². The van der Waals surface area contributed by atoms with E-state index in [0.717, 1.165) is 35.2 Å². The summed E-state index contributed by atoms with van der Waals surface area (Å²) in [6, 6.07) is 13.1. The molecule has 4 rings (SSSR count). The molecule has 3 heterocycles. The highest BCUT2D eigenvalue weighted by Crippen LogP contribution is 2.31. The normalized spacial score (nSPS) is 17.1. The second-order valence-corrected chi connectivity index (χ2v) is 6.63. The minimum Gasteiger partial charge on any atom is -0.330 e.